The van der Waals surface area contributed by atoms with Gasteiger partial charge >= 0.3 is 12.1 Å². The number of rotatable bonds is 6. The number of ether oxygens (including phenoxy) is 2. The van der Waals surface area contributed by atoms with Crippen LogP contribution in [0.25, 0.3) is 0 Å². The number of amides is 1. The Morgan fingerprint density at radius 3 is 2.82 bits per heavy atom. The molecule has 0 aliphatic rings. The van der Waals surface area contributed by atoms with Crippen LogP contribution in [-0.2, 0) is 20.7 Å². The van der Waals surface area contributed by atoms with Crippen molar-refractivity contribution in [1.29, 1.82) is 5.26 Å². The third kappa shape index (κ3) is 5.63. The summed E-state index contributed by atoms with van der Waals surface area (Å²) in [5, 5.41) is 9.21. The summed E-state index contributed by atoms with van der Waals surface area (Å²) in [6.07, 6.45) is 4.12. The highest BCUT2D eigenvalue weighted by Gasteiger charge is 2.17. The minimum Gasteiger partial charge on any atom is -0.468 e. The molecule has 1 heterocycles. The van der Waals surface area contributed by atoms with Gasteiger partial charge in [-0.15, -0.1) is 0 Å². The van der Waals surface area contributed by atoms with Crippen molar-refractivity contribution in [1.82, 2.24) is 9.88 Å². The van der Waals surface area contributed by atoms with E-state index in [1.165, 1.54) is 13.3 Å². The summed E-state index contributed by atoms with van der Waals surface area (Å²) in [5.74, 6) is -0.608. The Morgan fingerprint density at radius 2 is 2.27 bits per heavy atom. The first-order valence-electron chi connectivity index (χ1n) is 6.60. The van der Waals surface area contributed by atoms with E-state index in [1.807, 2.05) is 12.1 Å². The zero-order valence-electron chi connectivity index (χ0n) is 12.5. The van der Waals surface area contributed by atoms with E-state index in [2.05, 4.69) is 9.72 Å². The van der Waals surface area contributed by atoms with Crippen LogP contribution < -0.4 is 0 Å². The first-order chi connectivity index (χ1) is 10.6. The lowest BCUT2D eigenvalue weighted by Gasteiger charge is -2.17. The van der Waals surface area contributed by atoms with Gasteiger partial charge in [0.1, 0.15) is 6.54 Å². The second-order valence-electron chi connectivity index (χ2n) is 4.21. The Balaban J connectivity index is 2.93. The molecule has 0 N–H and O–H groups in total. The van der Waals surface area contributed by atoms with E-state index < -0.39 is 12.1 Å². The molecule has 0 atom stereocenters. The molecule has 0 aliphatic carbocycles. The van der Waals surface area contributed by atoms with Gasteiger partial charge in [-0.05, 0) is 18.6 Å². The molecule has 1 aromatic rings. The van der Waals surface area contributed by atoms with Crippen LogP contribution in [0.3, 0.4) is 0 Å². The maximum absolute atomic E-state index is 11.8. The fourth-order valence-electron chi connectivity index (χ4n) is 1.60. The molecule has 0 unspecified atom stereocenters. The van der Waals surface area contributed by atoms with E-state index in [0.29, 0.717) is 12.0 Å². The predicted octanol–water partition coefficient (Wildman–Crippen LogP) is 1.66. The van der Waals surface area contributed by atoms with Crippen LogP contribution in [0, 0.1) is 11.3 Å². The summed E-state index contributed by atoms with van der Waals surface area (Å²) in [6.45, 7) is 1.49. The van der Waals surface area contributed by atoms with Crippen molar-refractivity contribution in [2.75, 3.05) is 20.3 Å². The molecule has 0 bridgehead atoms. The van der Waals surface area contributed by atoms with Crippen molar-refractivity contribution in [3.63, 3.8) is 0 Å². The van der Waals surface area contributed by atoms with Crippen LogP contribution in [0.5, 0.6) is 0 Å². The SMILES string of the molecule is CCOC(=O)N(/C=C(/C#N)Cc1cccnc1)CC(=O)OC. The predicted molar refractivity (Wildman–Crippen MR) is 77.4 cm³/mol. The Morgan fingerprint density at radius 1 is 1.50 bits per heavy atom. The number of carbonyl (C=O) groups excluding carboxylic acids is 2. The summed E-state index contributed by atoms with van der Waals surface area (Å²) in [7, 11) is 1.22. The van der Waals surface area contributed by atoms with E-state index in [9.17, 15) is 14.9 Å². The van der Waals surface area contributed by atoms with E-state index in [1.54, 1.807) is 25.4 Å². The standard InChI is InChI=1S/C15H17N3O4/c1-3-22-15(20)18(11-14(19)21-2)10-13(8-16)7-12-5-4-6-17-9-12/h4-6,9-10H,3,7,11H2,1-2H3/b13-10+. The van der Waals surface area contributed by atoms with E-state index >= 15 is 0 Å². The third-order valence-electron chi connectivity index (χ3n) is 2.60. The van der Waals surface area contributed by atoms with Crippen molar-refractivity contribution in [2.24, 2.45) is 0 Å². The molecule has 0 saturated carbocycles. The number of pyridine rings is 1. The monoisotopic (exact) mass is 303 g/mol. The van der Waals surface area contributed by atoms with Crippen LogP contribution in [0.2, 0.25) is 0 Å². The molecular formula is C15H17N3O4. The molecule has 0 radical (unpaired) electrons. The van der Waals surface area contributed by atoms with Gasteiger partial charge < -0.3 is 9.47 Å². The first kappa shape index (κ1) is 17.2. The van der Waals surface area contributed by atoms with Crippen LogP contribution in [-0.4, -0.2) is 42.2 Å². The molecule has 1 aromatic heterocycles. The molecule has 22 heavy (non-hydrogen) atoms. The number of esters is 1. The Labute approximate surface area is 128 Å². The second-order valence-corrected chi connectivity index (χ2v) is 4.21. The summed E-state index contributed by atoms with van der Waals surface area (Å²) in [6, 6.07) is 5.57. The lowest BCUT2D eigenvalue weighted by molar-refractivity contribution is -0.141. The summed E-state index contributed by atoms with van der Waals surface area (Å²) < 4.78 is 9.39. The molecule has 1 amide bonds. The van der Waals surface area contributed by atoms with Gasteiger partial charge in [-0.1, -0.05) is 6.07 Å². The minimum atomic E-state index is -0.716. The van der Waals surface area contributed by atoms with Crippen molar-refractivity contribution in [3.8, 4) is 6.07 Å². The average molecular weight is 303 g/mol. The van der Waals surface area contributed by atoms with Crippen LogP contribution in [0.4, 0.5) is 4.79 Å². The number of allylic oxidation sites excluding steroid dienone is 1. The van der Waals surface area contributed by atoms with Gasteiger partial charge in [0, 0.05) is 25.0 Å². The normalized spacial score (nSPS) is 10.5. The van der Waals surface area contributed by atoms with Crippen molar-refractivity contribution in [2.45, 2.75) is 13.3 Å². The molecule has 0 fully saturated rings. The molecule has 116 valence electrons. The highest BCUT2D eigenvalue weighted by atomic mass is 16.6. The lowest BCUT2D eigenvalue weighted by atomic mass is 10.1. The molecule has 0 saturated heterocycles. The smallest absolute Gasteiger partial charge is 0.414 e. The van der Waals surface area contributed by atoms with Crippen molar-refractivity contribution < 1.29 is 19.1 Å². The number of carbonyl (C=O) groups is 2. The molecule has 0 aliphatic heterocycles. The molecule has 7 heteroatoms. The number of nitriles is 1. The summed E-state index contributed by atoms with van der Waals surface area (Å²) in [4.78, 5) is 28.2. The van der Waals surface area contributed by atoms with Gasteiger partial charge in [0.15, 0.2) is 0 Å². The minimum absolute atomic E-state index is 0.162. The van der Waals surface area contributed by atoms with Gasteiger partial charge in [0.05, 0.1) is 25.4 Å². The van der Waals surface area contributed by atoms with E-state index in [0.717, 1.165) is 10.5 Å². The number of nitrogens with zero attached hydrogens (tertiary/aromatic N) is 3. The first-order valence-corrected chi connectivity index (χ1v) is 6.60. The van der Waals surface area contributed by atoms with Crippen LogP contribution in [0.15, 0.2) is 36.3 Å². The maximum Gasteiger partial charge on any atom is 0.414 e. The number of methoxy groups -OCH3 is 1. The molecule has 7 nitrogen and oxygen atoms in total. The number of aromatic nitrogens is 1. The highest BCUT2D eigenvalue weighted by molar-refractivity contribution is 5.78. The third-order valence-corrected chi connectivity index (χ3v) is 2.60. The van der Waals surface area contributed by atoms with Crippen molar-refractivity contribution in [3.05, 3.63) is 41.9 Å². The van der Waals surface area contributed by atoms with Gasteiger partial charge in [0.2, 0.25) is 0 Å². The number of hydrogen-bond donors (Lipinski definition) is 0. The second kappa shape index (κ2) is 9.13. The maximum atomic E-state index is 11.8. The molecule has 0 spiro atoms. The van der Waals surface area contributed by atoms with Gasteiger partial charge in [-0.25, -0.2) is 4.79 Å². The number of hydrogen-bond acceptors (Lipinski definition) is 6. The summed E-state index contributed by atoms with van der Waals surface area (Å²) in [5.41, 5.74) is 1.11. The molecule has 0 aromatic carbocycles. The Bertz CT molecular complexity index is 578. The highest BCUT2D eigenvalue weighted by Crippen LogP contribution is 2.08. The quantitative estimate of drug-likeness (QED) is 0.586. The zero-order chi connectivity index (χ0) is 16.4. The fourth-order valence-corrected chi connectivity index (χ4v) is 1.60. The van der Waals surface area contributed by atoms with Gasteiger partial charge in [-0.2, -0.15) is 5.26 Å². The molecular weight excluding hydrogens is 286 g/mol. The van der Waals surface area contributed by atoms with Crippen LogP contribution in [0.1, 0.15) is 12.5 Å². The van der Waals surface area contributed by atoms with Crippen molar-refractivity contribution >= 4 is 12.1 Å². The van der Waals surface area contributed by atoms with E-state index in [-0.39, 0.29) is 13.2 Å². The lowest BCUT2D eigenvalue weighted by Crippen LogP contribution is -2.32. The average Bonchev–Trinajstić information content (AvgIpc) is 2.54. The Kier molecular flexibility index (Phi) is 7.13. The van der Waals surface area contributed by atoms with E-state index in [4.69, 9.17) is 4.74 Å². The van der Waals surface area contributed by atoms with Crippen LogP contribution >= 0.6 is 0 Å². The topological polar surface area (TPSA) is 92.5 Å². The molecule has 1 rings (SSSR count). The Hall–Kier alpha value is -2.88. The van der Waals surface area contributed by atoms with Gasteiger partial charge in [0.25, 0.3) is 0 Å². The largest absolute Gasteiger partial charge is 0.468 e. The zero-order valence-corrected chi connectivity index (χ0v) is 12.5. The summed E-state index contributed by atoms with van der Waals surface area (Å²) >= 11 is 0. The fraction of sp³-hybridized carbons (Fsp3) is 0.333. The van der Waals surface area contributed by atoms with Gasteiger partial charge in [-0.3, -0.25) is 14.7 Å².